The van der Waals surface area contributed by atoms with E-state index >= 15 is 0 Å². The fourth-order valence-corrected chi connectivity index (χ4v) is 5.94. The minimum atomic E-state index is -0.415. The highest BCUT2D eigenvalue weighted by atomic mass is 32.1. The Balaban J connectivity index is 1.38. The molecule has 3 heterocycles. The van der Waals surface area contributed by atoms with Crippen molar-refractivity contribution >= 4 is 34.7 Å². The summed E-state index contributed by atoms with van der Waals surface area (Å²) in [6, 6.07) is 5.35. The number of piperidine rings is 1. The topological polar surface area (TPSA) is 82.6 Å². The van der Waals surface area contributed by atoms with Crippen LogP contribution in [0.4, 0.5) is 5.69 Å². The second-order valence-electron chi connectivity index (χ2n) is 9.00. The quantitative estimate of drug-likeness (QED) is 0.698. The third-order valence-corrected chi connectivity index (χ3v) is 7.90. The van der Waals surface area contributed by atoms with Gasteiger partial charge < -0.3 is 10.2 Å². The molecule has 8 heteroatoms. The zero-order valence-electron chi connectivity index (χ0n) is 18.3. The molecular weight excluding hydrogens is 424 g/mol. The van der Waals surface area contributed by atoms with Crippen LogP contribution in [-0.2, 0) is 4.79 Å². The number of anilines is 1. The summed E-state index contributed by atoms with van der Waals surface area (Å²) in [5, 5.41) is 5.81. The Bertz CT molecular complexity index is 1030. The molecule has 1 saturated heterocycles. The molecule has 2 fully saturated rings. The molecule has 1 aromatic heterocycles. The van der Waals surface area contributed by atoms with E-state index in [1.165, 1.54) is 29.1 Å². The maximum absolute atomic E-state index is 13.4. The number of carbonyl (C=O) groups is 3. The minimum absolute atomic E-state index is 0.0993. The van der Waals surface area contributed by atoms with Crippen molar-refractivity contribution in [2.24, 2.45) is 5.92 Å². The van der Waals surface area contributed by atoms with Crippen molar-refractivity contribution in [1.29, 1.82) is 0 Å². The van der Waals surface area contributed by atoms with E-state index in [0.29, 0.717) is 23.7 Å². The van der Waals surface area contributed by atoms with Crippen molar-refractivity contribution in [2.75, 3.05) is 18.0 Å². The number of fused-ring (bicyclic) bond motifs is 1. The average molecular weight is 453 g/mol. The molecule has 168 valence electrons. The molecule has 1 aliphatic carbocycles. The Kier molecular flexibility index (Phi) is 5.71. The summed E-state index contributed by atoms with van der Waals surface area (Å²) in [4.78, 5) is 47.2. The molecule has 1 aromatic carbocycles. The number of hydrogen-bond donors (Lipinski definition) is 1. The van der Waals surface area contributed by atoms with Gasteiger partial charge in [0.05, 0.1) is 28.8 Å². The molecule has 0 unspecified atom stereocenters. The molecule has 3 amide bonds. The monoisotopic (exact) mass is 452 g/mol. The van der Waals surface area contributed by atoms with Crippen molar-refractivity contribution in [1.82, 2.24) is 15.2 Å². The van der Waals surface area contributed by atoms with Gasteiger partial charge in [0.25, 0.3) is 11.8 Å². The van der Waals surface area contributed by atoms with Crippen molar-refractivity contribution in [2.45, 2.75) is 57.5 Å². The Morgan fingerprint density at radius 1 is 1.16 bits per heavy atom. The summed E-state index contributed by atoms with van der Waals surface area (Å²) < 4.78 is 0. The van der Waals surface area contributed by atoms with Crippen LogP contribution in [0.5, 0.6) is 0 Å². The van der Waals surface area contributed by atoms with Crippen molar-refractivity contribution < 1.29 is 14.4 Å². The average Bonchev–Trinajstić information content (AvgIpc) is 3.56. The molecule has 0 bridgehead atoms. The van der Waals surface area contributed by atoms with E-state index in [2.05, 4.69) is 15.2 Å². The Morgan fingerprint density at radius 2 is 1.97 bits per heavy atom. The smallest absolute Gasteiger partial charge is 0.264 e. The van der Waals surface area contributed by atoms with E-state index in [1.807, 2.05) is 24.4 Å². The lowest BCUT2D eigenvalue weighted by atomic mass is 9.95. The van der Waals surface area contributed by atoms with Crippen LogP contribution in [0.1, 0.15) is 77.2 Å². The first-order valence-electron chi connectivity index (χ1n) is 11.5. The van der Waals surface area contributed by atoms with Gasteiger partial charge in [-0.1, -0.05) is 18.9 Å². The van der Waals surface area contributed by atoms with Crippen LogP contribution >= 0.6 is 11.3 Å². The van der Waals surface area contributed by atoms with Crippen LogP contribution in [0.15, 0.2) is 29.8 Å². The Labute approximate surface area is 191 Å². The maximum Gasteiger partial charge on any atom is 0.264 e. The normalized spacial score (nSPS) is 22.3. The van der Waals surface area contributed by atoms with Gasteiger partial charge in [-0.05, 0) is 44.7 Å². The number of hydrogen-bond acceptors (Lipinski definition) is 6. The second kappa shape index (κ2) is 8.65. The number of benzene rings is 1. The van der Waals surface area contributed by atoms with Gasteiger partial charge in [0, 0.05) is 30.7 Å². The van der Waals surface area contributed by atoms with Crippen LogP contribution in [0.3, 0.4) is 0 Å². The van der Waals surface area contributed by atoms with Crippen LogP contribution in [0, 0.1) is 5.92 Å². The molecule has 7 nitrogen and oxygen atoms in total. The Morgan fingerprint density at radius 3 is 2.72 bits per heavy atom. The molecule has 2 aromatic rings. The van der Waals surface area contributed by atoms with Crippen LogP contribution in [-0.4, -0.2) is 46.7 Å². The number of nitrogens with zero attached hydrogens (tertiary/aromatic N) is 3. The van der Waals surface area contributed by atoms with E-state index < -0.39 is 6.04 Å². The predicted molar refractivity (Wildman–Crippen MR) is 123 cm³/mol. The fourth-order valence-electron chi connectivity index (χ4n) is 5.25. The predicted octanol–water partition coefficient (Wildman–Crippen LogP) is 3.78. The fraction of sp³-hybridized carbons (Fsp3) is 0.500. The second-order valence-corrected chi connectivity index (χ2v) is 9.93. The molecule has 0 radical (unpaired) electrons. The summed E-state index contributed by atoms with van der Waals surface area (Å²) in [5.74, 6) is -0.531. The summed E-state index contributed by atoms with van der Waals surface area (Å²) in [7, 11) is 0. The van der Waals surface area contributed by atoms with Crippen molar-refractivity contribution in [3.63, 3.8) is 0 Å². The largest absolute Gasteiger partial charge is 0.370 e. The highest BCUT2D eigenvalue weighted by Crippen LogP contribution is 2.38. The zero-order valence-corrected chi connectivity index (χ0v) is 19.1. The zero-order chi connectivity index (χ0) is 22.2. The number of carbonyl (C=O) groups excluding carboxylic acids is 3. The number of amides is 3. The summed E-state index contributed by atoms with van der Waals surface area (Å²) in [6.45, 7) is 3.18. The van der Waals surface area contributed by atoms with Gasteiger partial charge in [-0.15, -0.1) is 11.3 Å². The molecule has 5 rings (SSSR count). The van der Waals surface area contributed by atoms with E-state index in [0.717, 1.165) is 42.9 Å². The highest BCUT2D eigenvalue weighted by molar-refractivity contribution is 7.09. The number of aromatic nitrogens is 1. The Hall–Kier alpha value is -2.74. The molecule has 32 heavy (non-hydrogen) atoms. The first kappa shape index (κ1) is 21.1. The van der Waals surface area contributed by atoms with Crippen LogP contribution in [0.2, 0.25) is 0 Å². The van der Waals surface area contributed by atoms with Gasteiger partial charge in [0.15, 0.2) is 0 Å². The summed E-state index contributed by atoms with van der Waals surface area (Å²) >= 11 is 1.44. The van der Waals surface area contributed by atoms with Gasteiger partial charge in [0.2, 0.25) is 5.91 Å². The lowest BCUT2D eigenvalue weighted by molar-refractivity contribution is -0.125. The molecule has 3 aliphatic rings. The number of nitrogens with one attached hydrogen (secondary N) is 1. The van der Waals surface area contributed by atoms with Gasteiger partial charge >= 0.3 is 0 Å². The maximum atomic E-state index is 13.4. The van der Waals surface area contributed by atoms with E-state index in [1.54, 1.807) is 12.3 Å². The van der Waals surface area contributed by atoms with Crippen LogP contribution < -0.4 is 10.2 Å². The first-order valence-corrected chi connectivity index (χ1v) is 12.4. The highest BCUT2D eigenvalue weighted by Gasteiger charge is 2.42. The molecule has 0 spiro atoms. The van der Waals surface area contributed by atoms with Crippen LogP contribution in [0.25, 0.3) is 0 Å². The molecule has 2 aliphatic heterocycles. The third kappa shape index (κ3) is 3.70. The SMILES string of the molecule is C[C@@H](c1nccs1)N1C(=O)c2cccc(N3CCC[C@@H](C(=O)NC4CCCC4)C3)c2C1=O. The number of rotatable bonds is 5. The number of thiazole rings is 1. The van der Waals surface area contributed by atoms with Gasteiger partial charge in [0.1, 0.15) is 5.01 Å². The minimum Gasteiger partial charge on any atom is -0.370 e. The molecule has 1 saturated carbocycles. The lowest BCUT2D eigenvalue weighted by Gasteiger charge is -2.35. The lowest BCUT2D eigenvalue weighted by Crippen LogP contribution is -2.45. The first-order chi connectivity index (χ1) is 15.5. The van der Waals surface area contributed by atoms with E-state index in [4.69, 9.17) is 0 Å². The summed E-state index contributed by atoms with van der Waals surface area (Å²) in [5.41, 5.74) is 1.65. The van der Waals surface area contributed by atoms with Gasteiger partial charge in [-0.3, -0.25) is 19.3 Å². The summed E-state index contributed by atoms with van der Waals surface area (Å²) in [6.07, 6.45) is 7.92. The third-order valence-electron chi connectivity index (χ3n) is 6.95. The van der Waals surface area contributed by atoms with Gasteiger partial charge in [-0.2, -0.15) is 0 Å². The molecule has 2 atom stereocenters. The van der Waals surface area contributed by atoms with E-state index in [9.17, 15) is 14.4 Å². The van der Waals surface area contributed by atoms with E-state index in [-0.39, 0.29) is 23.6 Å². The molecule has 1 N–H and O–H groups in total. The standard InChI is InChI=1S/C24H28N4O3S/c1-15(22-25-11-13-32-22)28-23(30)18-9-4-10-19(20(18)24(28)31)27-12-5-6-16(14-27)21(29)26-17-7-2-3-8-17/h4,9-11,13,15-17H,2-3,5-8,12,14H2,1H3,(H,26,29)/t15-,16+/m0/s1. The van der Waals surface area contributed by atoms with Gasteiger partial charge in [-0.25, -0.2) is 4.98 Å². The van der Waals surface area contributed by atoms with Crippen molar-refractivity contribution in [3.8, 4) is 0 Å². The molecular formula is C24H28N4O3S. The van der Waals surface area contributed by atoms with Crippen molar-refractivity contribution in [3.05, 3.63) is 45.9 Å². The number of imide groups is 1.